The molecule has 0 aliphatic rings. The van der Waals surface area contributed by atoms with Gasteiger partial charge in [-0.3, -0.25) is 0 Å². The molecule has 0 spiro atoms. The second kappa shape index (κ2) is 5.44. The van der Waals surface area contributed by atoms with Crippen molar-refractivity contribution in [1.82, 2.24) is 9.97 Å². The van der Waals surface area contributed by atoms with Crippen LogP contribution in [0.4, 0.5) is 10.2 Å². The summed E-state index contributed by atoms with van der Waals surface area (Å²) in [6.45, 7) is 2.24. The first-order valence-corrected chi connectivity index (χ1v) is 5.54. The van der Waals surface area contributed by atoms with Gasteiger partial charge < -0.3 is 10.1 Å². The van der Waals surface area contributed by atoms with Crippen molar-refractivity contribution in [3.8, 4) is 5.88 Å². The maximum absolute atomic E-state index is 13.4. The van der Waals surface area contributed by atoms with E-state index in [0.717, 1.165) is 5.56 Å². The molecule has 2 aromatic rings. The summed E-state index contributed by atoms with van der Waals surface area (Å²) in [6, 6.07) is 6.84. The van der Waals surface area contributed by atoms with Crippen LogP contribution in [0.25, 0.3) is 0 Å². The summed E-state index contributed by atoms with van der Waals surface area (Å²) >= 11 is 0. The van der Waals surface area contributed by atoms with Crippen LogP contribution in [-0.2, 0) is 6.54 Å². The van der Waals surface area contributed by atoms with Gasteiger partial charge in [-0.2, -0.15) is 0 Å². The second-order valence-corrected chi connectivity index (χ2v) is 3.88. The van der Waals surface area contributed by atoms with E-state index < -0.39 is 0 Å². The van der Waals surface area contributed by atoms with Crippen molar-refractivity contribution in [2.45, 2.75) is 13.5 Å². The van der Waals surface area contributed by atoms with Crippen LogP contribution in [0.15, 0.2) is 30.6 Å². The molecule has 5 heteroatoms. The minimum Gasteiger partial charge on any atom is -0.481 e. The minimum absolute atomic E-state index is 0.199. The molecule has 0 fully saturated rings. The molecule has 1 N–H and O–H groups in total. The van der Waals surface area contributed by atoms with Gasteiger partial charge in [-0.1, -0.05) is 12.1 Å². The van der Waals surface area contributed by atoms with Gasteiger partial charge in [0.25, 0.3) is 0 Å². The number of halogens is 1. The zero-order valence-electron chi connectivity index (χ0n) is 10.3. The van der Waals surface area contributed by atoms with E-state index in [0.29, 0.717) is 23.8 Å². The number of aryl methyl sites for hydroxylation is 1. The molecule has 0 bridgehead atoms. The summed E-state index contributed by atoms with van der Waals surface area (Å²) in [5, 5.41) is 3.08. The van der Waals surface area contributed by atoms with Gasteiger partial charge in [0.15, 0.2) is 0 Å². The van der Waals surface area contributed by atoms with Gasteiger partial charge in [0.2, 0.25) is 5.88 Å². The van der Waals surface area contributed by atoms with Gasteiger partial charge in [-0.25, -0.2) is 14.4 Å². The van der Waals surface area contributed by atoms with Gasteiger partial charge >= 0.3 is 0 Å². The lowest BCUT2D eigenvalue weighted by Crippen LogP contribution is -2.02. The predicted molar refractivity (Wildman–Crippen MR) is 67.0 cm³/mol. The van der Waals surface area contributed by atoms with E-state index in [4.69, 9.17) is 4.74 Å². The Hall–Kier alpha value is -2.17. The minimum atomic E-state index is -0.199. The Labute approximate surface area is 105 Å². The molecule has 18 heavy (non-hydrogen) atoms. The molecule has 0 aliphatic heterocycles. The number of benzene rings is 1. The highest BCUT2D eigenvalue weighted by Crippen LogP contribution is 2.13. The average Bonchev–Trinajstić information content (AvgIpc) is 2.40. The Morgan fingerprint density at radius 3 is 2.83 bits per heavy atom. The van der Waals surface area contributed by atoms with Gasteiger partial charge in [-0.05, 0) is 24.1 Å². The summed E-state index contributed by atoms with van der Waals surface area (Å²) in [4.78, 5) is 7.95. The summed E-state index contributed by atoms with van der Waals surface area (Å²) < 4.78 is 18.3. The summed E-state index contributed by atoms with van der Waals surface area (Å²) in [6.07, 6.45) is 1.41. The number of anilines is 1. The number of methoxy groups -OCH3 is 1. The number of nitrogens with zero attached hydrogens (tertiary/aromatic N) is 2. The zero-order valence-corrected chi connectivity index (χ0v) is 10.3. The average molecular weight is 247 g/mol. The van der Waals surface area contributed by atoms with Gasteiger partial charge in [0, 0.05) is 12.6 Å². The van der Waals surface area contributed by atoms with E-state index in [9.17, 15) is 4.39 Å². The van der Waals surface area contributed by atoms with Crippen LogP contribution < -0.4 is 10.1 Å². The molecular weight excluding hydrogens is 233 g/mol. The third-order valence-corrected chi connectivity index (χ3v) is 2.56. The Kier molecular flexibility index (Phi) is 3.72. The third kappa shape index (κ3) is 2.94. The Balaban J connectivity index is 2.04. The van der Waals surface area contributed by atoms with Crippen LogP contribution >= 0.6 is 0 Å². The van der Waals surface area contributed by atoms with Crippen molar-refractivity contribution >= 4 is 5.82 Å². The monoisotopic (exact) mass is 247 g/mol. The fourth-order valence-corrected chi connectivity index (χ4v) is 1.49. The third-order valence-electron chi connectivity index (χ3n) is 2.56. The lowest BCUT2D eigenvalue weighted by atomic mass is 10.1. The van der Waals surface area contributed by atoms with E-state index in [1.165, 1.54) is 12.4 Å². The van der Waals surface area contributed by atoms with Crippen LogP contribution in [0.3, 0.4) is 0 Å². The van der Waals surface area contributed by atoms with Crippen molar-refractivity contribution in [1.29, 1.82) is 0 Å². The smallest absolute Gasteiger partial charge is 0.218 e. The van der Waals surface area contributed by atoms with Crippen LogP contribution in [0.5, 0.6) is 5.88 Å². The molecule has 94 valence electrons. The number of rotatable bonds is 4. The van der Waals surface area contributed by atoms with Gasteiger partial charge in [0.05, 0.1) is 7.11 Å². The maximum Gasteiger partial charge on any atom is 0.218 e. The normalized spacial score (nSPS) is 10.2. The molecule has 0 saturated carbocycles. The molecule has 1 heterocycles. The molecule has 0 saturated heterocycles. The van der Waals surface area contributed by atoms with Gasteiger partial charge in [0.1, 0.15) is 18.0 Å². The Morgan fingerprint density at radius 1 is 1.28 bits per heavy atom. The zero-order chi connectivity index (χ0) is 13.0. The number of hydrogen-bond acceptors (Lipinski definition) is 4. The number of ether oxygens (including phenoxy) is 1. The topological polar surface area (TPSA) is 47.0 Å². The Morgan fingerprint density at radius 2 is 2.11 bits per heavy atom. The lowest BCUT2D eigenvalue weighted by molar-refractivity contribution is 0.397. The van der Waals surface area contributed by atoms with Crippen molar-refractivity contribution in [3.05, 3.63) is 47.5 Å². The first-order chi connectivity index (χ1) is 8.69. The molecule has 0 aliphatic carbocycles. The highest BCUT2D eigenvalue weighted by molar-refractivity contribution is 5.38. The first-order valence-electron chi connectivity index (χ1n) is 5.54. The molecule has 0 atom stereocenters. The quantitative estimate of drug-likeness (QED) is 0.902. The second-order valence-electron chi connectivity index (χ2n) is 3.88. The molecule has 4 nitrogen and oxygen atoms in total. The van der Waals surface area contributed by atoms with Crippen molar-refractivity contribution in [2.75, 3.05) is 12.4 Å². The molecule has 2 rings (SSSR count). The molecular formula is C13H14FN3O. The van der Waals surface area contributed by atoms with Crippen molar-refractivity contribution < 1.29 is 9.13 Å². The van der Waals surface area contributed by atoms with Gasteiger partial charge in [-0.15, -0.1) is 0 Å². The van der Waals surface area contributed by atoms with Crippen LogP contribution in [0, 0.1) is 12.7 Å². The standard InChI is InChI=1S/C13H14FN3O/c1-9-3-4-10(5-11(9)14)7-15-12-6-13(18-2)17-8-16-12/h3-6,8H,7H2,1-2H3,(H,15,16,17). The number of hydrogen-bond donors (Lipinski definition) is 1. The highest BCUT2D eigenvalue weighted by atomic mass is 19.1. The first kappa shape index (κ1) is 12.3. The molecule has 0 radical (unpaired) electrons. The summed E-state index contributed by atoms with van der Waals surface area (Å²) in [7, 11) is 1.54. The number of nitrogens with one attached hydrogen (secondary N) is 1. The van der Waals surface area contributed by atoms with E-state index in [1.807, 2.05) is 6.07 Å². The van der Waals surface area contributed by atoms with E-state index >= 15 is 0 Å². The lowest BCUT2D eigenvalue weighted by Gasteiger charge is -2.07. The number of aromatic nitrogens is 2. The predicted octanol–water partition coefficient (Wildman–Crippen LogP) is 2.54. The highest BCUT2D eigenvalue weighted by Gasteiger charge is 2.01. The maximum atomic E-state index is 13.4. The molecule has 0 unspecified atom stereocenters. The molecule has 1 aromatic carbocycles. The van der Waals surface area contributed by atoms with E-state index in [-0.39, 0.29) is 5.82 Å². The largest absolute Gasteiger partial charge is 0.481 e. The molecule has 1 aromatic heterocycles. The van der Waals surface area contributed by atoms with Crippen molar-refractivity contribution in [2.24, 2.45) is 0 Å². The fourth-order valence-electron chi connectivity index (χ4n) is 1.49. The fraction of sp³-hybridized carbons (Fsp3) is 0.231. The van der Waals surface area contributed by atoms with Crippen LogP contribution in [-0.4, -0.2) is 17.1 Å². The summed E-state index contributed by atoms with van der Waals surface area (Å²) in [5.41, 5.74) is 1.50. The van der Waals surface area contributed by atoms with E-state index in [1.54, 1.807) is 26.2 Å². The van der Waals surface area contributed by atoms with E-state index in [2.05, 4.69) is 15.3 Å². The molecule has 0 amide bonds. The van der Waals surface area contributed by atoms with Crippen molar-refractivity contribution in [3.63, 3.8) is 0 Å². The van der Waals surface area contributed by atoms with Crippen LogP contribution in [0.1, 0.15) is 11.1 Å². The Bertz CT molecular complexity index is 546. The SMILES string of the molecule is COc1cc(NCc2ccc(C)c(F)c2)ncn1. The summed E-state index contributed by atoms with van der Waals surface area (Å²) in [5.74, 6) is 0.931. The van der Waals surface area contributed by atoms with Crippen LogP contribution in [0.2, 0.25) is 0 Å².